The summed E-state index contributed by atoms with van der Waals surface area (Å²) in [6.07, 6.45) is 2.76. The first kappa shape index (κ1) is 21.5. The fourth-order valence-corrected chi connectivity index (χ4v) is 4.32. The van der Waals surface area contributed by atoms with Crippen LogP contribution in [0.2, 0.25) is 0 Å². The molecule has 2 amide bonds. The zero-order valence-corrected chi connectivity index (χ0v) is 18.5. The first-order chi connectivity index (χ1) is 15.0. The standard InChI is InChI=1S/C21H30N6O4/c1-4-27-17-8-12-30-13-16(17)19(23-27)20-22-18(24-31-20)7-9-25(3)21(29)15-5-10-26(11-6-15)14(2)28/h15H,4-13H2,1-3H3. The van der Waals surface area contributed by atoms with Crippen molar-refractivity contribution in [1.82, 2.24) is 29.7 Å². The van der Waals surface area contributed by atoms with Crippen LogP contribution in [0.5, 0.6) is 0 Å². The fraction of sp³-hybridized carbons (Fsp3) is 0.667. The van der Waals surface area contributed by atoms with Crippen LogP contribution in [-0.4, -0.2) is 74.8 Å². The Balaban J connectivity index is 1.35. The molecule has 4 heterocycles. The van der Waals surface area contributed by atoms with Gasteiger partial charge >= 0.3 is 0 Å². The van der Waals surface area contributed by atoms with Gasteiger partial charge in [-0.1, -0.05) is 5.16 Å². The predicted octanol–water partition coefficient (Wildman–Crippen LogP) is 1.29. The van der Waals surface area contributed by atoms with Crippen LogP contribution in [0.25, 0.3) is 11.6 Å². The van der Waals surface area contributed by atoms with E-state index in [9.17, 15) is 9.59 Å². The third-order valence-corrected chi connectivity index (χ3v) is 6.20. The highest BCUT2D eigenvalue weighted by atomic mass is 16.5. The number of fused-ring (bicyclic) bond motifs is 1. The molecule has 168 valence electrons. The van der Waals surface area contributed by atoms with Crippen LogP contribution in [0, 0.1) is 5.92 Å². The molecule has 0 unspecified atom stereocenters. The summed E-state index contributed by atoms with van der Waals surface area (Å²) in [6, 6.07) is 0. The quantitative estimate of drug-likeness (QED) is 0.680. The van der Waals surface area contributed by atoms with Crippen molar-refractivity contribution in [2.75, 3.05) is 33.3 Å². The van der Waals surface area contributed by atoms with E-state index in [1.165, 1.54) is 5.69 Å². The van der Waals surface area contributed by atoms with E-state index < -0.39 is 0 Å². The van der Waals surface area contributed by atoms with Gasteiger partial charge < -0.3 is 19.1 Å². The van der Waals surface area contributed by atoms with E-state index in [0.29, 0.717) is 69.5 Å². The van der Waals surface area contributed by atoms with Crippen LogP contribution in [0.1, 0.15) is 43.8 Å². The van der Waals surface area contributed by atoms with Crippen LogP contribution in [0.15, 0.2) is 4.52 Å². The topological polar surface area (TPSA) is 107 Å². The number of carbonyl (C=O) groups is 2. The summed E-state index contributed by atoms with van der Waals surface area (Å²) < 4.78 is 13.1. The lowest BCUT2D eigenvalue weighted by atomic mass is 9.95. The highest BCUT2D eigenvalue weighted by Gasteiger charge is 2.29. The van der Waals surface area contributed by atoms with E-state index in [2.05, 4.69) is 22.2 Å². The molecule has 0 radical (unpaired) electrons. The van der Waals surface area contributed by atoms with E-state index >= 15 is 0 Å². The molecular formula is C21H30N6O4. The normalized spacial score (nSPS) is 16.9. The van der Waals surface area contributed by atoms with Crippen LogP contribution >= 0.6 is 0 Å². The average Bonchev–Trinajstić information content (AvgIpc) is 3.41. The molecule has 0 aliphatic carbocycles. The summed E-state index contributed by atoms with van der Waals surface area (Å²) in [6.45, 7) is 7.41. The van der Waals surface area contributed by atoms with Crippen molar-refractivity contribution in [1.29, 1.82) is 0 Å². The number of hydrogen-bond donors (Lipinski definition) is 0. The summed E-state index contributed by atoms with van der Waals surface area (Å²) in [5, 5.41) is 8.74. The highest BCUT2D eigenvalue weighted by Crippen LogP contribution is 2.28. The number of carbonyl (C=O) groups excluding carboxylic acids is 2. The third-order valence-electron chi connectivity index (χ3n) is 6.20. The third kappa shape index (κ3) is 4.48. The Bertz CT molecular complexity index is 944. The van der Waals surface area contributed by atoms with Gasteiger partial charge in [-0.05, 0) is 19.8 Å². The number of nitrogens with zero attached hydrogens (tertiary/aromatic N) is 6. The Hall–Kier alpha value is -2.75. The number of ether oxygens (including phenoxy) is 1. The van der Waals surface area contributed by atoms with Crippen molar-refractivity contribution in [3.05, 3.63) is 17.1 Å². The number of hydrogen-bond acceptors (Lipinski definition) is 7. The molecule has 31 heavy (non-hydrogen) atoms. The maximum atomic E-state index is 12.8. The Morgan fingerprint density at radius 1 is 1.26 bits per heavy atom. The number of likely N-dealkylation sites (tertiary alicyclic amines) is 1. The molecule has 1 fully saturated rings. The molecule has 0 saturated carbocycles. The van der Waals surface area contributed by atoms with Crippen LogP contribution in [0.4, 0.5) is 0 Å². The molecular weight excluding hydrogens is 400 g/mol. The van der Waals surface area contributed by atoms with Gasteiger partial charge in [0.25, 0.3) is 5.89 Å². The van der Waals surface area contributed by atoms with Crippen LogP contribution in [-0.2, 0) is 40.3 Å². The maximum Gasteiger partial charge on any atom is 0.278 e. The second-order valence-corrected chi connectivity index (χ2v) is 8.20. The van der Waals surface area contributed by atoms with Gasteiger partial charge in [0.1, 0.15) is 0 Å². The zero-order chi connectivity index (χ0) is 22.0. The average molecular weight is 431 g/mol. The minimum Gasteiger partial charge on any atom is -0.376 e. The molecule has 0 bridgehead atoms. The van der Waals surface area contributed by atoms with Gasteiger partial charge in [0.15, 0.2) is 11.5 Å². The molecule has 0 N–H and O–H groups in total. The fourth-order valence-electron chi connectivity index (χ4n) is 4.32. The molecule has 0 atom stereocenters. The summed E-state index contributed by atoms with van der Waals surface area (Å²) in [7, 11) is 1.80. The maximum absolute atomic E-state index is 12.8. The van der Waals surface area contributed by atoms with Crippen molar-refractivity contribution >= 4 is 11.8 Å². The number of aryl methyl sites for hydroxylation is 1. The highest BCUT2D eigenvalue weighted by molar-refractivity contribution is 5.79. The number of aromatic nitrogens is 4. The minimum absolute atomic E-state index is 0.0361. The van der Waals surface area contributed by atoms with E-state index in [-0.39, 0.29) is 17.7 Å². The van der Waals surface area contributed by atoms with Crippen molar-refractivity contribution in [2.45, 2.75) is 52.7 Å². The summed E-state index contributed by atoms with van der Waals surface area (Å²) >= 11 is 0. The number of amides is 2. The largest absolute Gasteiger partial charge is 0.376 e. The van der Waals surface area contributed by atoms with Gasteiger partial charge in [0.05, 0.1) is 13.2 Å². The van der Waals surface area contributed by atoms with Crippen molar-refractivity contribution in [3.63, 3.8) is 0 Å². The van der Waals surface area contributed by atoms with Gasteiger partial charge in [-0.2, -0.15) is 10.1 Å². The molecule has 2 aromatic heterocycles. The first-order valence-corrected chi connectivity index (χ1v) is 11.0. The Kier molecular flexibility index (Phi) is 6.35. The van der Waals surface area contributed by atoms with Gasteiger partial charge in [-0.15, -0.1) is 0 Å². The predicted molar refractivity (Wildman–Crippen MR) is 111 cm³/mol. The lowest BCUT2D eigenvalue weighted by Gasteiger charge is -2.32. The Labute approximate surface area is 181 Å². The lowest BCUT2D eigenvalue weighted by Crippen LogP contribution is -2.43. The molecule has 2 aliphatic rings. The molecule has 0 aromatic carbocycles. The van der Waals surface area contributed by atoms with E-state index in [1.54, 1.807) is 23.8 Å². The van der Waals surface area contributed by atoms with Crippen LogP contribution < -0.4 is 0 Å². The van der Waals surface area contributed by atoms with E-state index in [0.717, 1.165) is 18.5 Å². The van der Waals surface area contributed by atoms with Crippen molar-refractivity contribution in [2.24, 2.45) is 5.92 Å². The molecule has 4 rings (SSSR count). The van der Waals surface area contributed by atoms with Crippen molar-refractivity contribution in [3.8, 4) is 11.6 Å². The van der Waals surface area contributed by atoms with E-state index in [1.807, 2.05) is 4.68 Å². The SMILES string of the molecule is CCn1nc(-c2nc(CCN(C)C(=O)C3CCN(C(C)=O)CC3)no2)c2c1CCOC2. The number of likely N-dealkylation sites (N-methyl/N-ethyl adjacent to an activating group) is 1. The number of piperidine rings is 1. The summed E-state index contributed by atoms with van der Waals surface area (Å²) in [4.78, 5) is 32.3. The smallest absolute Gasteiger partial charge is 0.278 e. The Morgan fingerprint density at radius 2 is 2.03 bits per heavy atom. The van der Waals surface area contributed by atoms with Crippen molar-refractivity contribution < 1.29 is 18.8 Å². The summed E-state index contributed by atoms with van der Waals surface area (Å²) in [5.74, 6) is 1.10. The van der Waals surface area contributed by atoms with Gasteiger partial charge in [-0.3, -0.25) is 14.3 Å². The first-order valence-electron chi connectivity index (χ1n) is 11.0. The Morgan fingerprint density at radius 3 is 2.74 bits per heavy atom. The van der Waals surface area contributed by atoms with E-state index in [4.69, 9.17) is 9.26 Å². The van der Waals surface area contributed by atoms with Gasteiger partial charge in [-0.25, -0.2) is 0 Å². The molecule has 2 aromatic rings. The monoisotopic (exact) mass is 430 g/mol. The molecule has 2 aliphatic heterocycles. The van der Waals surface area contributed by atoms with Gasteiger partial charge in [0, 0.05) is 70.2 Å². The molecule has 10 heteroatoms. The molecule has 10 nitrogen and oxygen atoms in total. The summed E-state index contributed by atoms with van der Waals surface area (Å²) in [5.41, 5.74) is 2.88. The van der Waals surface area contributed by atoms with Gasteiger partial charge in [0.2, 0.25) is 11.8 Å². The second-order valence-electron chi connectivity index (χ2n) is 8.20. The number of rotatable bonds is 6. The van der Waals surface area contributed by atoms with Crippen LogP contribution in [0.3, 0.4) is 0 Å². The zero-order valence-electron chi connectivity index (χ0n) is 18.5. The lowest BCUT2D eigenvalue weighted by molar-refractivity contribution is -0.139. The second kappa shape index (κ2) is 9.17. The molecule has 0 spiro atoms. The molecule has 1 saturated heterocycles. The minimum atomic E-state index is -0.0361.